The summed E-state index contributed by atoms with van der Waals surface area (Å²) in [5.74, 6) is 1.54. The highest BCUT2D eigenvalue weighted by Crippen LogP contribution is 2.20. The molecule has 2 rings (SSSR count). The Bertz CT molecular complexity index is 563. The van der Waals surface area contributed by atoms with Gasteiger partial charge in [0.25, 0.3) is 0 Å². The van der Waals surface area contributed by atoms with E-state index < -0.39 is 0 Å². The van der Waals surface area contributed by atoms with Crippen LogP contribution in [0.1, 0.15) is 30.4 Å². The summed E-state index contributed by atoms with van der Waals surface area (Å²) in [4.78, 5) is 18.2. The third-order valence-electron chi connectivity index (χ3n) is 4.66. The molecule has 2 N–H and O–H groups in total. The first kappa shape index (κ1) is 19.2. The molecule has 25 heavy (non-hydrogen) atoms. The van der Waals surface area contributed by atoms with Gasteiger partial charge in [-0.3, -0.25) is 9.79 Å². The average molecular weight is 346 g/mol. The van der Waals surface area contributed by atoms with E-state index in [4.69, 9.17) is 4.74 Å². The zero-order chi connectivity index (χ0) is 18.1. The number of nitrogens with zero attached hydrogens (tertiary/aromatic N) is 2. The second-order valence-electron chi connectivity index (χ2n) is 6.46. The molecule has 0 saturated carbocycles. The maximum Gasteiger partial charge on any atom is 0.220 e. The van der Waals surface area contributed by atoms with Crippen molar-refractivity contribution in [2.24, 2.45) is 10.9 Å². The zero-order valence-corrected chi connectivity index (χ0v) is 15.5. The van der Waals surface area contributed by atoms with E-state index >= 15 is 0 Å². The number of carbonyl (C=O) groups is 1. The number of guanidine groups is 1. The predicted molar refractivity (Wildman–Crippen MR) is 100 cm³/mol. The Hall–Kier alpha value is -2.08. The Morgan fingerprint density at radius 3 is 2.44 bits per heavy atom. The average Bonchev–Trinajstić information content (AvgIpc) is 2.65. The summed E-state index contributed by atoms with van der Waals surface area (Å²) in [5.41, 5.74) is 2.39. The normalized spacial score (nSPS) is 16.0. The van der Waals surface area contributed by atoms with Crippen LogP contribution in [0.5, 0.6) is 0 Å². The lowest BCUT2D eigenvalue weighted by molar-refractivity contribution is -0.121. The summed E-state index contributed by atoms with van der Waals surface area (Å²) in [6, 6.07) is 8.41. The van der Waals surface area contributed by atoms with Crippen molar-refractivity contribution >= 4 is 11.9 Å². The summed E-state index contributed by atoms with van der Waals surface area (Å²) in [6.07, 6.45) is 2.68. The predicted octanol–water partition coefficient (Wildman–Crippen LogP) is 1.76. The Balaban J connectivity index is 1.80. The molecule has 6 heteroatoms. The summed E-state index contributed by atoms with van der Waals surface area (Å²) in [5, 5.41) is 6.15. The topological polar surface area (TPSA) is 66.0 Å². The number of aliphatic imine (C=N–C) groups is 1. The maximum absolute atomic E-state index is 11.5. The van der Waals surface area contributed by atoms with Gasteiger partial charge in [0.15, 0.2) is 5.96 Å². The highest BCUT2D eigenvalue weighted by atomic mass is 16.5. The molecule has 1 aliphatic heterocycles. The number of hydrogen-bond acceptors (Lipinski definition) is 3. The SMILES string of the molecule is CN=C(NCc1ccc(COC)cc1)N1CCC(CC(=O)NC)CC1. The van der Waals surface area contributed by atoms with Crippen molar-refractivity contribution in [3.63, 3.8) is 0 Å². The van der Waals surface area contributed by atoms with Gasteiger partial charge in [-0.2, -0.15) is 0 Å². The molecule has 0 atom stereocenters. The van der Waals surface area contributed by atoms with E-state index in [9.17, 15) is 4.79 Å². The van der Waals surface area contributed by atoms with Gasteiger partial charge in [0, 0.05) is 47.3 Å². The lowest BCUT2D eigenvalue weighted by Gasteiger charge is -2.34. The quantitative estimate of drug-likeness (QED) is 0.608. The minimum absolute atomic E-state index is 0.137. The second-order valence-corrected chi connectivity index (χ2v) is 6.46. The van der Waals surface area contributed by atoms with Crippen LogP contribution in [0.2, 0.25) is 0 Å². The number of rotatable bonds is 6. The Kier molecular flexibility index (Phi) is 7.73. The van der Waals surface area contributed by atoms with Gasteiger partial charge in [0.1, 0.15) is 0 Å². The van der Waals surface area contributed by atoms with Crippen LogP contribution in [0.4, 0.5) is 0 Å². The molecule has 1 aromatic carbocycles. The number of amides is 1. The Labute approximate surface area is 150 Å². The van der Waals surface area contributed by atoms with E-state index in [-0.39, 0.29) is 5.91 Å². The van der Waals surface area contributed by atoms with E-state index in [0.29, 0.717) is 18.9 Å². The number of methoxy groups -OCH3 is 1. The first-order valence-electron chi connectivity index (χ1n) is 8.89. The van der Waals surface area contributed by atoms with Crippen LogP contribution in [0.25, 0.3) is 0 Å². The molecule has 0 unspecified atom stereocenters. The monoisotopic (exact) mass is 346 g/mol. The number of hydrogen-bond donors (Lipinski definition) is 2. The molecule has 6 nitrogen and oxygen atoms in total. The third-order valence-corrected chi connectivity index (χ3v) is 4.66. The molecular weight excluding hydrogens is 316 g/mol. The summed E-state index contributed by atoms with van der Waals surface area (Å²) in [6.45, 7) is 3.26. The fraction of sp³-hybridized carbons (Fsp3) is 0.579. The molecule has 138 valence electrons. The fourth-order valence-electron chi connectivity index (χ4n) is 3.15. The van der Waals surface area contributed by atoms with E-state index in [1.807, 2.05) is 7.05 Å². The molecule has 1 aromatic rings. The van der Waals surface area contributed by atoms with Crippen LogP contribution < -0.4 is 10.6 Å². The largest absolute Gasteiger partial charge is 0.380 e. The zero-order valence-electron chi connectivity index (χ0n) is 15.5. The highest BCUT2D eigenvalue weighted by molar-refractivity contribution is 5.80. The fourth-order valence-corrected chi connectivity index (χ4v) is 3.15. The number of likely N-dealkylation sites (tertiary alicyclic amines) is 1. The number of carbonyl (C=O) groups excluding carboxylic acids is 1. The molecule has 1 heterocycles. The lowest BCUT2D eigenvalue weighted by atomic mass is 9.93. The molecule has 0 aromatic heterocycles. The van der Waals surface area contributed by atoms with Crippen LogP contribution in [-0.2, 0) is 22.7 Å². The van der Waals surface area contributed by atoms with Gasteiger partial charge < -0.3 is 20.3 Å². The smallest absolute Gasteiger partial charge is 0.220 e. The minimum atomic E-state index is 0.137. The first-order chi connectivity index (χ1) is 12.2. The number of benzene rings is 1. The number of piperidine rings is 1. The van der Waals surface area contributed by atoms with Crippen LogP contribution in [0.3, 0.4) is 0 Å². The first-order valence-corrected chi connectivity index (χ1v) is 8.89. The van der Waals surface area contributed by atoms with Gasteiger partial charge in [-0.25, -0.2) is 0 Å². The number of nitrogens with one attached hydrogen (secondary N) is 2. The lowest BCUT2D eigenvalue weighted by Crippen LogP contribution is -2.45. The molecule has 1 amide bonds. The van der Waals surface area contributed by atoms with E-state index in [1.165, 1.54) is 11.1 Å². The van der Waals surface area contributed by atoms with Crippen molar-refractivity contribution in [2.45, 2.75) is 32.4 Å². The summed E-state index contributed by atoms with van der Waals surface area (Å²) in [7, 11) is 5.23. The minimum Gasteiger partial charge on any atom is -0.380 e. The van der Waals surface area contributed by atoms with Crippen molar-refractivity contribution in [1.29, 1.82) is 0 Å². The van der Waals surface area contributed by atoms with Crippen molar-refractivity contribution in [3.8, 4) is 0 Å². The van der Waals surface area contributed by atoms with Crippen LogP contribution in [-0.4, -0.2) is 51.1 Å². The van der Waals surface area contributed by atoms with Crippen molar-refractivity contribution in [2.75, 3.05) is 34.3 Å². The third kappa shape index (κ3) is 6.05. The molecule has 0 spiro atoms. The van der Waals surface area contributed by atoms with Gasteiger partial charge in [0.05, 0.1) is 6.61 Å². The standard InChI is InChI=1S/C19H30N4O2/c1-20-18(24)12-15-8-10-23(11-9-15)19(21-2)22-13-16-4-6-17(7-5-16)14-25-3/h4-7,15H,8-14H2,1-3H3,(H,20,24)(H,21,22). The molecule has 1 saturated heterocycles. The molecule has 0 aliphatic carbocycles. The van der Waals surface area contributed by atoms with E-state index in [2.05, 4.69) is 44.8 Å². The van der Waals surface area contributed by atoms with Crippen molar-refractivity contribution in [3.05, 3.63) is 35.4 Å². The molecule has 0 radical (unpaired) electrons. The molecule has 0 bridgehead atoms. The van der Waals surface area contributed by atoms with Crippen LogP contribution in [0, 0.1) is 5.92 Å². The van der Waals surface area contributed by atoms with Crippen molar-refractivity contribution < 1.29 is 9.53 Å². The van der Waals surface area contributed by atoms with Crippen LogP contribution in [0.15, 0.2) is 29.3 Å². The van der Waals surface area contributed by atoms with Gasteiger partial charge in [0.2, 0.25) is 5.91 Å². The highest BCUT2D eigenvalue weighted by Gasteiger charge is 2.22. The van der Waals surface area contributed by atoms with E-state index in [0.717, 1.165) is 38.4 Å². The molecule has 1 fully saturated rings. The molecule has 1 aliphatic rings. The summed E-state index contributed by atoms with van der Waals surface area (Å²) >= 11 is 0. The van der Waals surface area contributed by atoms with Crippen molar-refractivity contribution in [1.82, 2.24) is 15.5 Å². The number of ether oxygens (including phenoxy) is 1. The van der Waals surface area contributed by atoms with Gasteiger partial charge in [-0.05, 0) is 29.9 Å². The Morgan fingerprint density at radius 1 is 1.24 bits per heavy atom. The summed E-state index contributed by atoms with van der Waals surface area (Å²) < 4.78 is 5.14. The van der Waals surface area contributed by atoms with Gasteiger partial charge >= 0.3 is 0 Å². The maximum atomic E-state index is 11.5. The van der Waals surface area contributed by atoms with E-state index in [1.54, 1.807) is 14.2 Å². The molecular formula is C19H30N4O2. The Morgan fingerprint density at radius 2 is 1.88 bits per heavy atom. The van der Waals surface area contributed by atoms with Gasteiger partial charge in [-0.1, -0.05) is 24.3 Å². The van der Waals surface area contributed by atoms with Crippen LogP contribution >= 0.6 is 0 Å². The second kappa shape index (κ2) is 10.0. The van der Waals surface area contributed by atoms with Gasteiger partial charge in [-0.15, -0.1) is 0 Å².